The minimum absolute atomic E-state index is 0.487. The van der Waals surface area contributed by atoms with Crippen molar-refractivity contribution in [2.45, 2.75) is 19.3 Å². The van der Waals surface area contributed by atoms with E-state index in [1.54, 1.807) is 6.33 Å². The summed E-state index contributed by atoms with van der Waals surface area (Å²) in [5.41, 5.74) is 2.35. The van der Waals surface area contributed by atoms with Gasteiger partial charge in [0, 0.05) is 19.3 Å². The van der Waals surface area contributed by atoms with Crippen LogP contribution >= 0.6 is 0 Å². The van der Waals surface area contributed by atoms with E-state index in [1.807, 2.05) is 29.8 Å². The Morgan fingerprint density at radius 2 is 2.32 bits per heavy atom. The largest absolute Gasteiger partial charge is 0.481 e. The highest BCUT2D eigenvalue weighted by molar-refractivity contribution is 5.80. The molecule has 1 aliphatic rings. The molecule has 2 N–H and O–H groups in total. The fraction of sp³-hybridized carbons (Fsp3) is 0.429. The van der Waals surface area contributed by atoms with E-state index in [4.69, 9.17) is 0 Å². The molecule has 3 rings (SSSR count). The van der Waals surface area contributed by atoms with E-state index in [2.05, 4.69) is 10.3 Å². The number of nitrogens with zero attached hydrogens (tertiary/aromatic N) is 2. The molecule has 19 heavy (non-hydrogen) atoms. The number of aromatic nitrogens is 2. The van der Waals surface area contributed by atoms with Crippen LogP contribution in [0, 0.1) is 5.41 Å². The highest BCUT2D eigenvalue weighted by Crippen LogP contribution is 2.41. The molecule has 0 aliphatic heterocycles. The van der Waals surface area contributed by atoms with Crippen LogP contribution in [0.2, 0.25) is 0 Å². The molecule has 1 aromatic heterocycles. The van der Waals surface area contributed by atoms with Crippen molar-refractivity contribution in [3.63, 3.8) is 0 Å². The molecular formula is C14H17N3O2. The van der Waals surface area contributed by atoms with E-state index in [-0.39, 0.29) is 0 Å². The van der Waals surface area contributed by atoms with Crippen molar-refractivity contribution in [1.29, 1.82) is 0 Å². The Balaban J connectivity index is 1.76. The molecule has 5 heteroatoms. The summed E-state index contributed by atoms with van der Waals surface area (Å²) in [6.07, 6.45) is 4.31. The van der Waals surface area contributed by atoms with E-state index in [0.717, 1.165) is 36.0 Å². The van der Waals surface area contributed by atoms with Crippen LogP contribution in [0.1, 0.15) is 19.3 Å². The number of anilines is 1. The number of nitrogens with one attached hydrogen (secondary N) is 1. The summed E-state index contributed by atoms with van der Waals surface area (Å²) in [7, 11) is 1.95. The Kier molecular flexibility index (Phi) is 2.69. The summed E-state index contributed by atoms with van der Waals surface area (Å²) < 4.78 is 1.96. The highest BCUT2D eigenvalue weighted by Gasteiger charge is 2.44. The lowest BCUT2D eigenvalue weighted by atomic mass is 9.69. The first kappa shape index (κ1) is 12.0. The number of benzene rings is 1. The van der Waals surface area contributed by atoms with E-state index in [0.29, 0.717) is 6.54 Å². The van der Waals surface area contributed by atoms with E-state index in [1.165, 1.54) is 0 Å². The molecule has 2 aromatic rings. The molecule has 0 unspecified atom stereocenters. The van der Waals surface area contributed by atoms with E-state index >= 15 is 0 Å². The first-order valence-electron chi connectivity index (χ1n) is 6.49. The number of aliphatic carboxylic acids is 1. The van der Waals surface area contributed by atoms with E-state index < -0.39 is 11.4 Å². The molecule has 0 spiro atoms. The average molecular weight is 259 g/mol. The lowest BCUT2D eigenvalue weighted by Crippen LogP contribution is -2.43. The van der Waals surface area contributed by atoms with Crippen molar-refractivity contribution < 1.29 is 9.90 Å². The van der Waals surface area contributed by atoms with Gasteiger partial charge < -0.3 is 15.0 Å². The van der Waals surface area contributed by atoms with Gasteiger partial charge in [-0.3, -0.25) is 4.79 Å². The van der Waals surface area contributed by atoms with Crippen molar-refractivity contribution >= 4 is 22.7 Å². The molecule has 1 aliphatic carbocycles. The summed E-state index contributed by atoms with van der Waals surface area (Å²) in [5, 5.41) is 12.5. The molecule has 100 valence electrons. The average Bonchev–Trinajstić information content (AvgIpc) is 2.69. The number of hydrogen-bond acceptors (Lipinski definition) is 3. The summed E-state index contributed by atoms with van der Waals surface area (Å²) in [5.74, 6) is -0.690. The summed E-state index contributed by atoms with van der Waals surface area (Å²) in [6.45, 7) is 0.487. The molecule has 0 saturated heterocycles. The molecule has 0 atom stereocenters. The van der Waals surface area contributed by atoms with Crippen molar-refractivity contribution in [1.82, 2.24) is 9.55 Å². The lowest BCUT2D eigenvalue weighted by Gasteiger charge is -2.37. The zero-order chi connectivity index (χ0) is 13.5. The predicted molar refractivity (Wildman–Crippen MR) is 73.1 cm³/mol. The number of carbonyl (C=O) groups is 1. The van der Waals surface area contributed by atoms with Gasteiger partial charge in [-0.05, 0) is 31.0 Å². The van der Waals surface area contributed by atoms with Crippen LogP contribution in [0.15, 0.2) is 24.5 Å². The smallest absolute Gasteiger partial charge is 0.311 e. The van der Waals surface area contributed by atoms with Gasteiger partial charge in [0.2, 0.25) is 0 Å². The van der Waals surface area contributed by atoms with Crippen LogP contribution in [-0.2, 0) is 11.8 Å². The van der Waals surface area contributed by atoms with Gasteiger partial charge >= 0.3 is 5.97 Å². The number of carboxylic acid groups (broad SMARTS) is 1. The quantitative estimate of drug-likeness (QED) is 0.883. The van der Waals surface area contributed by atoms with Crippen LogP contribution in [0.3, 0.4) is 0 Å². The predicted octanol–water partition coefficient (Wildman–Crippen LogP) is 2.24. The fourth-order valence-corrected chi connectivity index (χ4v) is 2.59. The van der Waals surface area contributed by atoms with Crippen LogP contribution in [0.25, 0.3) is 11.0 Å². The number of rotatable bonds is 4. The van der Waals surface area contributed by atoms with Gasteiger partial charge in [-0.15, -0.1) is 0 Å². The zero-order valence-electron chi connectivity index (χ0n) is 10.9. The Morgan fingerprint density at radius 1 is 1.53 bits per heavy atom. The van der Waals surface area contributed by atoms with Gasteiger partial charge in [-0.1, -0.05) is 6.42 Å². The number of carboxylic acids is 1. The van der Waals surface area contributed by atoms with Crippen molar-refractivity contribution in [2.75, 3.05) is 11.9 Å². The molecule has 1 saturated carbocycles. The maximum atomic E-state index is 11.3. The second-order valence-electron chi connectivity index (χ2n) is 5.35. The van der Waals surface area contributed by atoms with Crippen molar-refractivity contribution in [3.05, 3.63) is 24.5 Å². The molecule has 0 radical (unpaired) electrons. The third-order valence-electron chi connectivity index (χ3n) is 4.12. The maximum absolute atomic E-state index is 11.3. The first-order valence-corrected chi connectivity index (χ1v) is 6.49. The number of aryl methyl sites for hydroxylation is 1. The van der Waals surface area contributed by atoms with Gasteiger partial charge in [0.05, 0.1) is 22.8 Å². The zero-order valence-corrected chi connectivity index (χ0v) is 10.9. The second kappa shape index (κ2) is 4.26. The molecule has 1 fully saturated rings. The fourth-order valence-electron chi connectivity index (χ4n) is 2.59. The van der Waals surface area contributed by atoms with Crippen LogP contribution < -0.4 is 5.32 Å². The molecular weight excluding hydrogens is 242 g/mol. The maximum Gasteiger partial charge on any atom is 0.311 e. The summed E-state index contributed by atoms with van der Waals surface area (Å²) in [4.78, 5) is 15.6. The van der Waals surface area contributed by atoms with Crippen LogP contribution in [0.4, 0.5) is 5.69 Å². The summed E-state index contributed by atoms with van der Waals surface area (Å²) in [6, 6.07) is 5.93. The van der Waals surface area contributed by atoms with Crippen LogP contribution in [-0.4, -0.2) is 27.2 Å². The van der Waals surface area contributed by atoms with Crippen molar-refractivity contribution in [2.24, 2.45) is 12.5 Å². The number of fused-ring (bicyclic) bond motifs is 1. The Bertz CT molecular complexity index is 629. The standard InChI is InChI=1S/C14H17N3O2/c1-17-9-16-11-7-10(3-4-12(11)17)15-8-14(13(18)19)5-2-6-14/h3-4,7,9,15H,2,5-6,8H2,1H3,(H,18,19). The van der Waals surface area contributed by atoms with Gasteiger partial charge in [0.15, 0.2) is 0 Å². The highest BCUT2D eigenvalue weighted by atomic mass is 16.4. The number of imidazole rings is 1. The molecule has 0 amide bonds. The third-order valence-corrected chi connectivity index (χ3v) is 4.12. The number of hydrogen-bond donors (Lipinski definition) is 2. The SMILES string of the molecule is Cn1cnc2cc(NCC3(C(=O)O)CCC3)ccc21. The van der Waals surface area contributed by atoms with Gasteiger partial charge in [0.1, 0.15) is 0 Å². The van der Waals surface area contributed by atoms with Crippen LogP contribution in [0.5, 0.6) is 0 Å². The van der Waals surface area contributed by atoms with Crippen molar-refractivity contribution in [3.8, 4) is 0 Å². The monoisotopic (exact) mass is 259 g/mol. The lowest BCUT2D eigenvalue weighted by molar-refractivity contribution is -0.153. The Morgan fingerprint density at radius 3 is 2.95 bits per heavy atom. The van der Waals surface area contributed by atoms with E-state index in [9.17, 15) is 9.90 Å². The van der Waals surface area contributed by atoms with Gasteiger partial charge in [-0.2, -0.15) is 0 Å². The Labute approximate surface area is 111 Å². The molecule has 1 aromatic carbocycles. The second-order valence-corrected chi connectivity index (χ2v) is 5.35. The molecule has 5 nitrogen and oxygen atoms in total. The minimum Gasteiger partial charge on any atom is -0.481 e. The Hall–Kier alpha value is -2.04. The minimum atomic E-state index is -0.690. The first-order chi connectivity index (χ1) is 9.11. The summed E-state index contributed by atoms with van der Waals surface area (Å²) >= 11 is 0. The topological polar surface area (TPSA) is 67.2 Å². The molecule has 0 bridgehead atoms. The van der Waals surface area contributed by atoms with Gasteiger partial charge in [0.25, 0.3) is 0 Å². The third kappa shape index (κ3) is 1.95. The molecule has 1 heterocycles. The van der Waals surface area contributed by atoms with Gasteiger partial charge in [-0.25, -0.2) is 4.98 Å². The normalized spacial score (nSPS) is 17.1.